The highest BCUT2D eigenvalue weighted by Gasteiger charge is 2.43. The Balaban J connectivity index is 1.52. The van der Waals surface area contributed by atoms with Gasteiger partial charge < -0.3 is 14.4 Å². The Morgan fingerprint density at radius 2 is 2.12 bits per heavy atom. The van der Waals surface area contributed by atoms with Gasteiger partial charge in [-0.25, -0.2) is 4.79 Å². The van der Waals surface area contributed by atoms with Crippen LogP contribution in [0.4, 0.5) is 4.79 Å². The van der Waals surface area contributed by atoms with Gasteiger partial charge in [0.15, 0.2) is 7.28 Å². The van der Waals surface area contributed by atoms with E-state index in [1.165, 1.54) is 5.69 Å². The molecule has 26 heavy (non-hydrogen) atoms. The van der Waals surface area contributed by atoms with Crippen LogP contribution in [0.1, 0.15) is 45.7 Å². The summed E-state index contributed by atoms with van der Waals surface area (Å²) in [5, 5.41) is 0. The minimum Gasteiger partial charge on any atom is -0.444 e. The van der Waals surface area contributed by atoms with Crippen molar-refractivity contribution >= 4 is 19.0 Å². The first-order valence-corrected chi connectivity index (χ1v) is 9.85. The molecule has 2 fully saturated rings. The molecule has 1 unspecified atom stereocenters. The maximum atomic E-state index is 12.2. The van der Waals surface area contributed by atoms with Crippen LogP contribution >= 0.6 is 0 Å². The van der Waals surface area contributed by atoms with Crippen LogP contribution in [0, 0.1) is 5.92 Å². The maximum Gasteiger partial charge on any atom is 0.410 e. The number of ether oxygens (including phenoxy) is 2. The molecule has 2 aliphatic heterocycles. The number of hydrogen-bond acceptors (Lipinski definition) is 4. The fraction of sp³-hybridized carbons (Fsp3) is 0.700. The molecule has 0 aliphatic carbocycles. The quantitative estimate of drug-likeness (QED) is 0.780. The first kappa shape index (κ1) is 19.2. The topological polar surface area (TPSA) is 51.7 Å². The number of carbonyl (C=O) groups is 1. The summed E-state index contributed by atoms with van der Waals surface area (Å²) in [5.41, 5.74) is 1.82. The summed E-state index contributed by atoms with van der Waals surface area (Å²) in [7, 11) is 0.972. The van der Waals surface area contributed by atoms with E-state index in [4.69, 9.17) is 14.5 Å². The van der Waals surface area contributed by atoms with Crippen molar-refractivity contribution in [1.29, 1.82) is 0 Å². The summed E-state index contributed by atoms with van der Waals surface area (Å²) in [6.07, 6.45) is 3.62. The van der Waals surface area contributed by atoms with Crippen molar-refractivity contribution in [3.8, 4) is 0 Å². The van der Waals surface area contributed by atoms with Crippen LogP contribution in [-0.4, -0.2) is 54.2 Å². The third-order valence-electron chi connectivity index (χ3n) is 5.34. The van der Waals surface area contributed by atoms with Gasteiger partial charge in [-0.1, -0.05) is 19.0 Å². The summed E-state index contributed by atoms with van der Waals surface area (Å²) in [6.45, 7) is 10.1. The van der Waals surface area contributed by atoms with Gasteiger partial charge >= 0.3 is 6.09 Å². The van der Waals surface area contributed by atoms with Crippen LogP contribution in [0.25, 0.3) is 0 Å². The molecule has 0 N–H and O–H groups in total. The van der Waals surface area contributed by atoms with Crippen LogP contribution in [0.2, 0.25) is 6.82 Å². The largest absolute Gasteiger partial charge is 0.444 e. The molecule has 3 rings (SSSR count). The third kappa shape index (κ3) is 4.79. The molecule has 1 aromatic heterocycles. The molecule has 1 atom stereocenters. The molecule has 0 saturated carbocycles. The third-order valence-corrected chi connectivity index (χ3v) is 5.34. The van der Waals surface area contributed by atoms with Crippen molar-refractivity contribution in [3.63, 3.8) is 0 Å². The number of piperidine rings is 1. The highest BCUT2D eigenvalue weighted by atomic mass is 16.6. The molecule has 2 saturated heterocycles. The minimum atomic E-state index is -0.443. The molecule has 0 radical (unpaired) electrons. The number of likely N-dealkylation sites (tertiary alicyclic amines) is 1. The van der Waals surface area contributed by atoms with Crippen LogP contribution < -0.4 is 5.59 Å². The van der Waals surface area contributed by atoms with E-state index >= 15 is 0 Å². The lowest BCUT2D eigenvalue weighted by molar-refractivity contribution is -0.0487. The summed E-state index contributed by atoms with van der Waals surface area (Å²) in [5.74, 6) is 0.516. The van der Waals surface area contributed by atoms with Crippen LogP contribution in [0.3, 0.4) is 0 Å². The smallest absolute Gasteiger partial charge is 0.410 e. The van der Waals surface area contributed by atoms with Gasteiger partial charge in [0.2, 0.25) is 0 Å². The van der Waals surface area contributed by atoms with Gasteiger partial charge in [0, 0.05) is 18.8 Å². The fourth-order valence-electron chi connectivity index (χ4n) is 3.98. The lowest BCUT2D eigenvalue weighted by Gasteiger charge is -2.39. The molecule has 142 valence electrons. The normalized spacial score (nSPS) is 22.5. The van der Waals surface area contributed by atoms with Crippen molar-refractivity contribution in [2.24, 2.45) is 5.92 Å². The number of aromatic nitrogens is 1. The Hall–Kier alpha value is -1.56. The summed E-state index contributed by atoms with van der Waals surface area (Å²) in [4.78, 5) is 18.8. The summed E-state index contributed by atoms with van der Waals surface area (Å²) < 4.78 is 11.7. The first-order chi connectivity index (χ1) is 12.3. The van der Waals surface area contributed by atoms with Crippen molar-refractivity contribution in [3.05, 3.63) is 23.9 Å². The fourth-order valence-corrected chi connectivity index (χ4v) is 3.98. The zero-order chi connectivity index (χ0) is 18.8. The monoisotopic (exact) mass is 358 g/mol. The Labute approximate surface area is 157 Å². The van der Waals surface area contributed by atoms with Crippen molar-refractivity contribution < 1.29 is 14.3 Å². The van der Waals surface area contributed by atoms with Gasteiger partial charge in [0.05, 0.1) is 12.2 Å². The second-order valence-corrected chi connectivity index (χ2v) is 8.71. The van der Waals surface area contributed by atoms with E-state index in [1.807, 2.05) is 25.7 Å². The van der Waals surface area contributed by atoms with Gasteiger partial charge in [0.1, 0.15) is 5.60 Å². The van der Waals surface area contributed by atoms with Gasteiger partial charge in [-0.15, -0.1) is 0 Å². The molecule has 1 amide bonds. The van der Waals surface area contributed by atoms with Gasteiger partial charge in [0.25, 0.3) is 0 Å². The van der Waals surface area contributed by atoms with Crippen LogP contribution in [0.5, 0.6) is 0 Å². The van der Waals surface area contributed by atoms with Crippen molar-refractivity contribution in [2.45, 2.75) is 64.5 Å². The Morgan fingerprint density at radius 1 is 1.38 bits per heavy atom. The van der Waals surface area contributed by atoms with E-state index in [0.717, 1.165) is 45.2 Å². The van der Waals surface area contributed by atoms with E-state index in [2.05, 4.69) is 25.0 Å². The number of pyridine rings is 1. The number of carbonyl (C=O) groups excluding carboxylic acids is 1. The standard InChI is InChI=1S/C20H31BN2O3/c1-19(2,3)26-18(24)23-10-8-20(9-11-23)13-15(14-25-20)12-16-6-5-7-17(21-4)22-16/h5-7,15,21H,8-14H2,1-4H3. The number of nitrogens with zero attached hydrogens (tertiary/aromatic N) is 2. The van der Waals surface area contributed by atoms with E-state index in [1.54, 1.807) is 0 Å². The Bertz CT molecular complexity index is 636. The summed E-state index contributed by atoms with van der Waals surface area (Å²) >= 11 is 0. The molecule has 0 aromatic carbocycles. The summed E-state index contributed by atoms with van der Waals surface area (Å²) in [6, 6.07) is 6.31. The molecule has 0 bridgehead atoms. The maximum absolute atomic E-state index is 12.2. The van der Waals surface area contributed by atoms with E-state index < -0.39 is 5.60 Å². The SMILES string of the molecule is CBc1cccc(CC2COC3(CCN(C(=O)OC(C)(C)C)CC3)C2)n1. The van der Waals surface area contributed by atoms with Crippen molar-refractivity contribution in [2.75, 3.05) is 19.7 Å². The molecule has 6 heteroatoms. The average Bonchev–Trinajstić information content (AvgIpc) is 2.96. The molecular weight excluding hydrogens is 327 g/mol. The zero-order valence-electron chi connectivity index (χ0n) is 16.6. The van der Waals surface area contributed by atoms with Gasteiger partial charge in [-0.2, -0.15) is 0 Å². The molecule has 2 aliphatic rings. The molecule has 1 spiro atoms. The number of rotatable bonds is 3. The Morgan fingerprint density at radius 3 is 2.77 bits per heavy atom. The predicted octanol–water partition coefficient (Wildman–Crippen LogP) is 2.54. The zero-order valence-corrected chi connectivity index (χ0v) is 16.6. The highest BCUT2D eigenvalue weighted by Crippen LogP contribution is 2.39. The van der Waals surface area contributed by atoms with Gasteiger partial charge in [-0.05, 0) is 64.0 Å². The molecule has 5 nitrogen and oxygen atoms in total. The van der Waals surface area contributed by atoms with E-state index in [9.17, 15) is 4.79 Å². The second kappa shape index (κ2) is 7.59. The minimum absolute atomic E-state index is 0.0639. The van der Waals surface area contributed by atoms with E-state index in [-0.39, 0.29) is 11.7 Å². The highest BCUT2D eigenvalue weighted by molar-refractivity contribution is 6.50. The lowest BCUT2D eigenvalue weighted by Crippen LogP contribution is -2.47. The van der Waals surface area contributed by atoms with E-state index in [0.29, 0.717) is 19.0 Å². The Kier molecular flexibility index (Phi) is 5.61. The molecule has 1 aromatic rings. The lowest BCUT2D eigenvalue weighted by atomic mass is 9.77. The number of amides is 1. The molecule has 3 heterocycles. The average molecular weight is 358 g/mol. The van der Waals surface area contributed by atoms with Crippen LogP contribution in [-0.2, 0) is 15.9 Å². The van der Waals surface area contributed by atoms with Crippen molar-refractivity contribution in [1.82, 2.24) is 9.88 Å². The van der Waals surface area contributed by atoms with Crippen LogP contribution in [0.15, 0.2) is 18.2 Å². The predicted molar refractivity (Wildman–Crippen MR) is 104 cm³/mol. The second-order valence-electron chi connectivity index (χ2n) is 8.71. The number of hydrogen-bond donors (Lipinski definition) is 0. The molecular formula is C20H31BN2O3. The first-order valence-electron chi connectivity index (χ1n) is 9.85. The van der Waals surface area contributed by atoms with Gasteiger partial charge in [-0.3, -0.25) is 4.98 Å².